The van der Waals surface area contributed by atoms with Crippen molar-refractivity contribution in [1.29, 1.82) is 0 Å². The quantitative estimate of drug-likeness (QED) is 0.853. The van der Waals surface area contributed by atoms with Crippen molar-refractivity contribution in [3.05, 3.63) is 35.4 Å². The summed E-state index contributed by atoms with van der Waals surface area (Å²) in [5.74, 6) is -1.79. The first-order chi connectivity index (χ1) is 9.77. The van der Waals surface area contributed by atoms with Crippen LogP contribution in [0.2, 0.25) is 0 Å². The minimum atomic E-state index is -4.58. The van der Waals surface area contributed by atoms with Gasteiger partial charge in [0, 0.05) is 20.6 Å². The molecule has 5 nitrogen and oxygen atoms in total. The second-order valence-corrected chi connectivity index (χ2v) is 4.54. The summed E-state index contributed by atoms with van der Waals surface area (Å²) in [5, 5.41) is 7.78. The van der Waals surface area contributed by atoms with Crippen LogP contribution < -0.4 is 10.2 Å². The lowest BCUT2D eigenvalue weighted by Gasteiger charge is -2.14. The van der Waals surface area contributed by atoms with E-state index in [4.69, 9.17) is 0 Å². The molecule has 0 aliphatic carbocycles. The van der Waals surface area contributed by atoms with Crippen molar-refractivity contribution in [3.63, 3.8) is 0 Å². The van der Waals surface area contributed by atoms with Crippen molar-refractivity contribution in [2.75, 3.05) is 24.3 Å². The van der Waals surface area contributed by atoms with E-state index in [0.29, 0.717) is 11.3 Å². The highest BCUT2D eigenvalue weighted by atomic mass is 19.4. The molecule has 0 amide bonds. The molecule has 2 aromatic rings. The van der Waals surface area contributed by atoms with Crippen molar-refractivity contribution in [3.8, 4) is 0 Å². The Bertz CT molecular complexity index is 620. The lowest BCUT2D eigenvalue weighted by Crippen LogP contribution is -2.11. The monoisotopic (exact) mass is 303 g/mol. The van der Waals surface area contributed by atoms with Crippen LogP contribution in [-0.2, 0) is 12.7 Å². The minimum absolute atomic E-state index is 0.111. The zero-order valence-electron chi connectivity index (χ0n) is 11.3. The van der Waals surface area contributed by atoms with Gasteiger partial charge in [0.15, 0.2) is 0 Å². The molecule has 21 heavy (non-hydrogen) atoms. The molecule has 9 heteroatoms. The topological polar surface area (TPSA) is 56.8 Å². The Morgan fingerprint density at radius 2 is 2.00 bits per heavy atom. The number of nitrogens with zero attached hydrogens (tertiary/aromatic N) is 3. The summed E-state index contributed by atoms with van der Waals surface area (Å²) >= 11 is 0. The van der Waals surface area contributed by atoms with E-state index >= 15 is 0 Å². The highest BCUT2D eigenvalue weighted by Crippen LogP contribution is 2.26. The van der Waals surface area contributed by atoms with Crippen LogP contribution in [0.5, 0.6) is 0 Å². The van der Waals surface area contributed by atoms with Gasteiger partial charge in [-0.3, -0.25) is 5.10 Å². The van der Waals surface area contributed by atoms with Gasteiger partial charge < -0.3 is 10.2 Å². The first-order valence-corrected chi connectivity index (χ1v) is 5.96. The zero-order valence-corrected chi connectivity index (χ0v) is 11.3. The largest absolute Gasteiger partial charge is 0.451 e. The average Bonchev–Trinajstić information content (AvgIpc) is 2.84. The minimum Gasteiger partial charge on any atom is -0.375 e. The molecular formula is C12H13F4N5. The van der Waals surface area contributed by atoms with E-state index in [0.717, 1.165) is 0 Å². The molecule has 0 unspecified atom stereocenters. The lowest BCUT2D eigenvalue weighted by molar-refractivity contribution is -0.144. The fourth-order valence-electron chi connectivity index (χ4n) is 1.67. The second kappa shape index (κ2) is 5.58. The molecule has 0 saturated heterocycles. The predicted molar refractivity (Wildman–Crippen MR) is 69.4 cm³/mol. The number of hydrogen-bond acceptors (Lipinski definition) is 4. The number of rotatable bonds is 4. The summed E-state index contributed by atoms with van der Waals surface area (Å²) in [6, 6.07) is 4.56. The maximum atomic E-state index is 13.7. The number of alkyl halides is 3. The molecular weight excluding hydrogens is 290 g/mol. The van der Waals surface area contributed by atoms with Crippen molar-refractivity contribution in [2.45, 2.75) is 12.7 Å². The molecule has 0 radical (unpaired) electrons. The maximum absolute atomic E-state index is 13.7. The molecule has 0 saturated carbocycles. The average molecular weight is 303 g/mol. The normalized spacial score (nSPS) is 11.5. The van der Waals surface area contributed by atoms with Crippen molar-refractivity contribution < 1.29 is 17.6 Å². The highest BCUT2D eigenvalue weighted by Gasteiger charge is 2.35. The molecule has 1 aromatic carbocycles. The second-order valence-electron chi connectivity index (χ2n) is 4.54. The maximum Gasteiger partial charge on any atom is 0.451 e. The van der Waals surface area contributed by atoms with Crippen molar-refractivity contribution in [1.82, 2.24) is 15.2 Å². The third-order valence-electron chi connectivity index (χ3n) is 2.70. The molecule has 0 aliphatic heterocycles. The van der Waals surface area contributed by atoms with Gasteiger partial charge in [-0.15, -0.1) is 5.10 Å². The van der Waals surface area contributed by atoms with Crippen LogP contribution in [0.1, 0.15) is 11.4 Å². The highest BCUT2D eigenvalue weighted by molar-refractivity contribution is 5.48. The van der Waals surface area contributed by atoms with Crippen LogP contribution in [0.15, 0.2) is 18.2 Å². The van der Waals surface area contributed by atoms with Gasteiger partial charge in [-0.25, -0.2) is 4.39 Å². The molecule has 1 heterocycles. The number of aromatic nitrogens is 3. The van der Waals surface area contributed by atoms with Gasteiger partial charge in [-0.2, -0.15) is 18.2 Å². The van der Waals surface area contributed by atoms with Crippen LogP contribution in [0.4, 0.5) is 29.2 Å². The molecule has 0 spiro atoms. The number of hydrogen-bond donors (Lipinski definition) is 2. The van der Waals surface area contributed by atoms with E-state index in [1.807, 2.05) is 0 Å². The number of anilines is 2. The molecule has 2 N–H and O–H groups in total. The van der Waals surface area contributed by atoms with Crippen LogP contribution in [0.25, 0.3) is 0 Å². The molecule has 0 bridgehead atoms. The Labute approximate surface area is 118 Å². The summed E-state index contributed by atoms with van der Waals surface area (Å²) in [5.41, 5.74) is 0.993. The molecule has 0 aliphatic rings. The molecule has 0 atom stereocenters. The summed E-state index contributed by atoms with van der Waals surface area (Å²) in [4.78, 5) is 4.88. The molecule has 114 valence electrons. The Kier molecular flexibility index (Phi) is 4.01. The molecule has 1 aromatic heterocycles. The van der Waals surface area contributed by atoms with Crippen molar-refractivity contribution >= 4 is 11.6 Å². The Morgan fingerprint density at radius 1 is 1.29 bits per heavy atom. The van der Waals surface area contributed by atoms with Gasteiger partial charge in [0.1, 0.15) is 5.82 Å². The number of halogens is 4. The summed E-state index contributed by atoms with van der Waals surface area (Å²) < 4.78 is 50.7. The Morgan fingerprint density at radius 3 is 2.52 bits per heavy atom. The van der Waals surface area contributed by atoms with E-state index in [9.17, 15) is 17.6 Å². The van der Waals surface area contributed by atoms with Gasteiger partial charge in [0.25, 0.3) is 0 Å². The smallest absolute Gasteiger partial charge is 0.375 e. The van der Waals surface area contributed by atoms with Gasteiger partial charge >= 0.3 is 6.18 Å². The Hall–Kier alpha value is -2.32. The van der Waals surface area contributed by atoms with Crippen LogP contribution in [0, 0.1) is 5.82 Å². The number of H-pyrrole nitrogens is 1. The number of benzene rings is 1. The number of aromatic amines is 1. The van der Waals surface area contributed by atoms with Gasteiger partial charge in [-0.05, 0) is 17.7 Å². The third-order valence-corrected chi connectivity index (χ3v) is 2.70. The SMILES string of the molecule is CN(C)c1ccc(CNc2n[nH]c(C(F)(F)F)n2)cc1F. The van der Waals surface area contributed by atoms with E-state index in [1.54, 1.807) is 36.2 Å². The van der Waals surface area contributed by atoms with Crippen LogP contribution in [-0.4, -0.2) is 29.3 Å². The standard InChI is InChI=1S/C12H13F4N5/c1-21(2)9-4-3-7(5-8(9)13)6-17-11-18-10(19-20-11)12(14,15)16/h3-5H,6H2,1-2H3,(H2,17,18,19,20). The first kappa shape index (κ1) is 15.1. The van der Waals surface area contributed by atoms with Gasteiger partial charge in [-0.1, -0.05) is 6.07 Å². The summed E-state index contributed by atoms with van der Waals surface area (Å²) in [7, 11) is 3.42. The van der Waals surface area contributed by atoms with Crippen LogP contribution in [0.3, 0.4) is 0 Å². The zero-order chi connectivity index (χ0) is 15.6. The summed E-state index contributed by atoms with van der Waals surface area (Å²) in [6.45, 7) is 0.111. The number of nitrogens with one attached hydrogen (secondary N) is 2. The molecule has 2 rings (SSSR count). The summed E-state index contributed by atoms with van der Waals surface area (Å²) in [6.07, 6.45) is -4.58. The molecule has 0 fully saturated rings. The van der Waals surface area contributed by atoms with Gasteiger partial charge in [0.2, 0.25) is 11.8 Å². The fourth-order valence-corrected chi connectivity index (χ4v) is 1.67. The fraction of sp³-hybridized carbons (Fsp3) is 0.333. The third kappa shape index (κ3) is 3.61. The Balaban J connectivity index is 2.03. The van der Waals surface area contributed by atoms with Gasteiger partial charge in [0.05, 0.1) is 5.69 Å². The lowest BCUT2D eigenvalue weighted by atomic mass is 10.2. The van der Waals surface area contributed by atoms with E-state index < -0.39 is 17.8 Å². The van der Waals surface area contributed by atoms with Crippen molar-refractivity contribution in [2.24, 2.45) is 0 Å². The van der Waals surface area contributed by atoms with E-state index in [-0.39, 0.29) is 12.5 Å². The van der Waals surface area contributed by atoms with Crippen LogP contribution >= 0.6 is 0 Å². The van der Waals surface area contributed by atoms with E-state index in [1.165, 1.54) is 6.07 Å². The predicted octanol–water partition coefficient (Wildman–Crippen LogP) is 2.64. The first-order valence-electron chi connectivity index (χ1n) is 5.96. The van der Waals surface area contributed by atoms with E-state index in [2.05, 4.69) is 15.4 Å².